The van der Waals surface area contributed by atoms with Crippen LogP contribution >= 0.6 is 34.8 Å². The lowest BCUT2D eigenvalue weighted by Crippen LogP contribution is -2.52. The number of hydrogen-bond donors (Lipinski definition) is 0. The molecule has 0 aliphatic heterocycles. The van der Waals surface area contributed by atoms with Crippen molar-refractivity contribution in [2.24, 2.45) is 28.6 Å². The summed E-state index contributed by atoms with van der Waals surface area (Å²) in [6, 6.07) is 0. The van der Waals surface area contributed by atoms with Crippen LogP contribution in [0.3, 0.4) is 0 Å². The molecule has 3 fully saturated rings. The number of halogens is 3. The summed E-state index contributed by atoms with van der Waals surface area (Å²) in [4.78, 5) is 23.5. The number of esters is 1. The van der Waals surface area contributed by atoms with Crippen LogP contribution in [0.5, 0.6) is 0 Å². The normalized spacial score (nSPS) is 41.9. The van der Waals surface area contributed by atoms with Crippen LogP contribution in [-0.4, -0.2) is 27.9 Å². The molecule has 7 heteroatoms. The van der Waals surface area contributed by atoms with Gasteiger partial charge in [0.2, 0.25) is 0 Å². The van der Waals surface area contributed by atoms with Crippen molar-refractivity contribution in [1.29, 1.82) is 0 Å². The van der Waals surface area contributed by atoms with Gasteiger partial charge in [-0.05, 0) is 79.6 Å². The standard InChI is InChI=1S/C23H31Cl3O4/c1-13(27)29-20(23(24,25)26)30-19-7-6-17-16-5-4-14-12-15(28)8-10-21(14,2)18(16)9-11-22(17,19)3/h12,16-20H,4-11H2,1-3H3/t16?,17-,18-,19-,20?,21-,22-/m0/s1. The van der Waals surface area contributed by atoms with Gasteiger partial charge in [-0.25, -0.2) is 0 Å². The van der Waals surface area contributed by atoms with Crippen LogP contribution in [0, 0.1) is 28.6 Å². The highest BCUT2D eigenvalue weighted by Gasteiger charge is 2.60. The summed E-state index contributed by atoms with van der Waals surface area (Å²) in [6.45, 7) is 5.97. The predicted octanol–water partition coefficient (Wildman–Crippen LogP) is 6.16. The second kappa shape index (κ2) is 7.93. The van der Waals surface area contributed by atoms with Gasteiger partial charge in [0, 0.05) is 13.3 Å². The molecule has 0 aromatic carbocycles. The molecular formula is C23H31Cl3O4. The van der Waals surface area contributed by atoms with Crippen LogP contribution < -0.4 is 0 Å². The van der Waals surface area contributed by atoms with Gasteiger partial charge in [0.1, 0.15) is 0 Å². The molecule has 0 N–H and O–H groups in total. The molecule has 168 valence electrons. The Morgan fingerprint density at radius 2 is 1.83 bits per heavy atom. The topological polar surface area (TPSA) is 52.6 Å². The van der Waals surface area contributed by atoms with Gasteiger partial charge in [-0.1, -0.05) is 54.2 Å². The number of allylic oxidation sites excluding steroid dienone is 1. The molecule has 2 unspecified atom stereocenters. The number of hydrogen-bond acceptors (Lipinski definition) is 4. The highest BCUT2D eigenvalue weighted by molar-refractivity contribution is 6.68. The maximum Gasteiger partial charge on any atom is 0.305 e. The van der Waals surface area contributed by atoms with Crippen molar-refractivity contribution in [1.82, 2.24) is 0 Å². The van der Waals surface area contributed by atoms with E-state index in [0.717, 1.165) is 44.9 Å². The molecule has 0 aromatic rings. The van der Waals surface area contributed by atoms with E-state index in [-0.39, 0.29) is 16.9 Å². The average molecular weight is 478 g/mol. The quantitative estimate of drug-likeness (QED) is 0.277. The van der Waals surface area contributed by atoms with E-state index in [9.17, 15) is 9.59 Å². The molecular weight excluding hydrogens is 447 g/mol. The van der Waals surface area contributed by atoms with E-state index < -0.39 is 16.1 Å². The van der Waals surface area contributed by atoms with Crippen molar-refractivity contribution in [2.45, 2.75) is 88.3 Å². The lowest BCUT2D eigenvalue weighted by molar-refractivity contribution is -0.204. The van der Waals surface area contributed by atoms with E-state index >= 15 is 0 Å². The number of carbonyl (C=O) groups excluding carboxylic acids is 2. The fraction of sp³-hybridized carbons (Fsp3) is 0.826. The molecule has 4 aliphatic rings. The summed E-state index contributed by atoms with van der Waals surface area (Å²) in [5.41, 5.74) is 1.49. The van der Waals surface area contributed by atoms with Crippen molar-refractivity contribution in [3.8, 4) is 0 Å². The Balaban J connectivity index is 1.55. The van der Waals surface area contributed by atoms with E-state index in [1.54, 1.807) is 0 Å². The molecule has 4 nitrogen and oxygen atoms in total. The van der Waals surface area contributed by atoms with Crippen LogP contribution in [0.25, 0.3) is 0 Å². The Morgan fingerprint density at radius 3 is 2.50 bits per heavy atom. The third kappa shape index (κ3) is 3.84. The molecule has 0 heterocycles. The molecule has 30 heavy (non-hydrogen) atoms. The van der Waals surface area contributed by atoms with Crippen molar-refractivity contribution in [3.63, 3.8) is 0 Å². The summed E-state index contributed by atoms with van der Waals surface area (Å²) in [5.74, 6) is 1.53. The Hall–Kier alpha value is -0.290. The summed E-state index contributed by atoms with van der Waals surface area (Å²) in [7, 11) is 0. The van der Waals surface area contributed by atoms with E-state index in [1.807, 2.05) is 6.08 Å². The van der Waals surface area contributed by atoms with Crippen LogP contribution in [0.2, 0.25) is 0 Å². The third-order valence-corrected chi connectivity index (χ3v) is 9.24. The summed E-state index contributed by atoms with van der Waals surface area (Å²) >= 11 is 18.2. The van der Waals surface area contributed by atoms with Gasteiger partial charge < -0.3 is 9.47 Å². The van der Waals surface area contributed by atoms with E-state index in [4.69, 9.17) is 44.3 Å². The van der Waals surface area contributed by atoms with E-state index in [0.29, 0.717) is 30.0 Å². The number of alkyl halides is 3. The SMILES string of the molecule is CC(=O)OC(O[C@H]1CC[C@H]2C3CCC4=CC(=O)CC[C@]4(C)[C@H]3CC[C@]12C)C(Cl)(Cl)Cl. The summed E-state index contributed by atoms with van der Waals surface area (Å²) in [6.07, 6.45) is 8.52. The Kier molecular flexibility index (Phi) is 6.05. The molecule has 3 saturated carbocycles. The van der Waals surface area contributed by atoms with Crippen LogP contribution in [0.4, 0.5) is 0 Å². The highest BCUT2D eigenvalue weighted by atomic mass is 35.6. The average Bonchev–Trinajstić information content (AvgIpc) is 2.97. The Bertz CT molecular complexity index is 760. The lowest BCUT2D eigenvalue weighted by atomic mass is 9.47. The summed E-state index contributed by atoms with van der Waals surface area (Å²) in [5, 5.41) is 0. The second-order valence-corrected chi connectivity index (χ2v) is 12.6. The van der Waals surface area contributed by atoms with Crippen molar-refractivity contribution >= 4 is 46.6 Å². The first kappa shape index (κ1) is 22.9. The van der Waals surface area contributed by atoms with Gasteiger partial charge in [-0.3, -0.25) is 9.59 Å². The molecule has 0 spiro atoms. The zero-order valence-electron chi connectivity index (χ0n) is 17.9. The smallest absolute Gasteiger partial charge is 0.305 e. The second-order valence-electron chi connectivity index (χ2n) is 10.2. The maximum absolute atomic E-state index is 12.0. The summed E-state index contributed by atoms with van der Waals surface area (Å²) < 4.78 is 9.57. The number of rotatable bonds is 3. The minimum absolute atomic E-state index is 0.0302. The van der Waals surface area contributed by atoms with Crippen molar-refractivity contribution in [3.05, 3.63) is 11.6 Å². The van der Waals surface area contributed by atoms with Crippen molar-refractivity contribution in [2.75, 3.05) is 0 Å². The molecule has 0 saturated heterocycles. The van der Waals surface area contributed by atoms with Crippen LogP contribution in [-0.2, 0) is 19.1 Å². The first-order valence-corrected chi connectivity index (χ1v) is 12.2. The molecule has 7 atom stereocenters. The predicted molar refractivity (Wildman–Crippen MR) is 117 cm³/mol. The van der Waals surface area contributed by atoms with Crippen LogP contribution in [0.1, 0.15) is 72.1 Å². The van der Waals surface area contributed by atoms with Crippen LogP contribution in [0.15, 0.2) is 11.6 Å². The molecule has 0 aromatic heterocycles. The minimum atomic E-state index is -1.83. The number of ketones is 1. The monoisotopic (exact) mass is 476 g/mol. The fourth-order valence-corrected chi connectivity index (χ4v) is 7.49. The largest absolute Gasteiger partial charge is 0.431 e. The Morgan fingerprint density at radius 1 is 1.10 bits per heavy atom. The van der Waals surface area contributed by atoms with Gasteiger partial charge in [0.15, 0.2) is 5.78 Å². The van der Waals surface area contributed by atoms with E-state index in [2.05, 4.69) is 13.8 Å². The molecule has 0 bridgehead atoms. The van der Waals surface area contributed by atoms with Crippen molar-refractivity contribution < 1.29 is 19.1 Å². The van der Waals surface area contributed by atoms with Gasteiger partial charge in [-0.15, -0.1) is 0 Å². The molecule has 0 amide bonds. The molecule has 4 aliphatic carbocycles. The maximum atomic E-state index is 12.0. The Labute approximate surface area is 194 Å². The first-order valence-electron chi connectivity index (χ1n) is 11.1. The van der Waals surface area contributed by atoms with Gasteiger partial charge in [-0.2, -0.15) is 0 Å². The number of fused-ring (bicyclic) bond motifs is 5. The molecule has 4 rings (SSSR count). The van der Waals surface area contributed by atoms with Gasteiger partial charge in [0.25, 0.3) is 10.1 Å². The van der Waals surface area contributed by atoms with Gasteiger partial charge in [0.05, 0.1) is 6.10 Å². The zero-order chi connectivity index (χ0) is 21.9. The first-order chi connectivity index (χ1) is 13.9. The zero-order valence-corrected chi connectivity index (χ0v) is 20.2. The highest BCUT2D eigenvalue weighted by Crippen LogP contribution is 2.65. The number of carbonyl (C=O) groups is 2. The minimum Gasteiger partial charge on any atom is -0.431 e. The van der Waals surface area contributed by atoms with E-state index in [1.165, 1.54) is 12.5 Å². The fourth-order valence-electron chi connectivity index (χ4n) is 7.21. The van der Waals surface area contributed by atoms with Gasteiger partial charge >= 0.3 is 5.97 Å². The third-order valence-electron chi connectivity index (χ3n) is 8.70. The lowest BCUT2D eigenvalue weighted by Gasteiger charge is -2.58. The number of ether oxygens (including phenoxy) is 2. The molecule has 0 radical (unpaired) electrons.